The van der Waals surface area contributed by atoms with Crippen molar-refractivity contribution in [1.29, 1.82) is 0 Å². The Kier molecular flexibility index (Phi) is 6.20. The first-order chi connectivity index (χ1) is 14.6. The van der Waals surface area contributed by atoms with E-state index in [1.54, 1.807) is 12.1 Å². The number of ether oxygens (including phenoxy) is 1. The summed E-state index contributed by atoms with van der Waals surface area (Å²) in [6, 6.07) is 12.5. The van der Waals surface area contributed by atoms with Crippen LogP contribution in [-0.2, 0) is 14.3 Å². The Morgan fingerprint density at radius 1 is 1.13 bits per heavy atom. The molecule has 0 spiro atoms. The summed E-state index contributed by atoms with van der Waals surface area (Å²) in [7, 11) is 0. The van der Waals surface area contributed by atoms with E-state index in [4.69, 9.17) is 4.74 Å². The summed E-state index contributed by atoms with van der Waals surface area (Å²) in [6.07, 6.45) is 1.26. The first kappa shape index (κ1) is 20.2. The van der Waals surface area contributed by atoms with Gasteiger partial charge in [0.1, 0.15) is 6.04 Å². The quantitative estimate of drug-likeness (QED) is 0.590. The molecule has 3 heterocycles. The molecule has 0 bridgehead atoms. The normalized spacial score (nSPS) is 15.7. The van der Waals surface area contributed by atoms with Crippen LogP contribution in [0.5, 0.6) is 0 Å². The lowest BCUT2D eigenvalue weighted by Crippen LogP contribution is -2.41. The molecule has 1 fully saturated rings. The zero-order valence-corrected chi connectivity index (χ0v) is 17.6. The van der Waals surface area contributed by atoms with Crippen LogP contribution in [0.25, 0.3) is 11.3 Å². The third kappa shape index (κ3) is 4.58. The van der Waals surface area contributed by atoms with Gasteiger partial charge in [0.05, 0.1) is 10.6 Å². The van der Waals surface area contributed by atoms with E-state index in [-0.39, 0.29) is 5.91 Å². The molecule has 1 aliphatic rings. The van der Waals surface area contributed by atoms with Crippen molar-refractivity contribution in [3.8, 4) is 11.3 Å². The molecule has 3 aromatic rings. The molecule has 0 radical (unpaired) electrons. The van der Waals surface area contributed by atoms with Crippen LogP contribution in [0.2, 0.25) is 0 Å². The van der Waals surface area contributed by atoms with E-state index in [1.165, 1.54) is 27.6 Å². The van der Waals surface area contributed by atoms with Crippen molar-refractivity contribution < 1.29 is 19.1 Å². The highest BCUT2D eigenvalue weighted by atomic mass is 32.1. The SMILES string of the molecule is O=C(COC(=O)C1CCCN1C(=O)c1cccs1)Nc1nc(-c2ccccc2)cs1. The van der Waals surface area contributed by atoms with Gasteiger partial charge in [0.15, 0.2) is 11.7 Å². The maximum atomic E-state index is 12.6. The fourth-order valence-corrected chi connectivity index (χ4v) is 4.67. The second-order valence-corrected chi connectivity index (χ2v) is 8.50. The molecular formula is C21H19N3O4S2. The molecule has 1 aliphatic heterocycles. The van der Waals surface area contributed by atoms with Gasteiger partial charge in [-0.05, 0) is 24.3 Å². The van der Waals surface area contributed by atoms with Crippen molar-refractivity contribution in [3.05, 3.63) is 58.1 Å². The zero-order valence-electron chi connectivity index (χ0n) is 15.9. The number of likely N-dealkylation sites (tertiary alicyclic amines) is 1. The number of esters is 1. The molecule has 2 amide bonds. The summed E-state index contributed by atoms with van der Waals surface area (Å²) in [4.78, 5) is 43.7. The Bertz CT molecular complexity index is 1030. The lowest BCUT2D eigenvalue weighted by atomic mass is 10.2. The fraction of sp³-hybridized carbons (Fsp3) is 0.238. The smallest absolute Gasteiger partial charge is 0.329 e. The second-order valence-electron chi connectivity index (χ2n) is 6.69. The van der Waals surface area contributed by atoms with Crippen LogP contribution in [0, 0.1) is 0 Å². The number of hydrogen-bond acceptors (Lipinski definition) is 7. The van der Waals surface area contributed by atoms with Gasteiger partial charge in [-0.25, -0.2) is 9.78 Å². The first-order valence-corrected chi connectivity index (χ1v) is 11.2. The third-order valence-corrected chi connectivity index (χ3v) is 6.30. The van der Waals surface area contributed by atoms with Gasteiger partial charge in [-0.2, -0.15) is 0 Å². The largest absolute Gasteiger partial charge is 0.454 e. The summed E-state index contributed by atoms with van der Waals surface area (Å²) in [5, 5.41) is 6.76. The zero-order chi connectivity index (χ0) is 20.9. The molecule has 9 heteroatoms. The minimum atomic E-state index is -0.656. The molecular weight excluding hydrogens is 422 g/mol. The Morgan fingerprint density at radius 3 is 2.73 bits per heavy atom. The molecule has 1 saturated heterocycles. The minimum Gasteiger partial charge on any atom is -0.454 e. The van der Waals surface area contributed by atoms with E-state index in [0.29, 0.717) is 23.0 Å². The first-order valence-electron chi connectivity index (χ1n) is 9.44. The highest BCUT2D eigenvalue weighted by molar-refractivity contribution is 7.14. The number of aromatic nitrogens is 1. The predicted octanol–water partition coefficient (Wildman–Crippen LogP) is 3.66. The van der Waals surface area contributed by atoms with Crippen molar-refractivity contribution in [2.24, 2.45) is 0 Å². The van der Waals surface area contributed by atoms with E-state index in [1.807, 2.05) is 41.1 Å². The van der Waals surface area contributed by atoms with Gasteiger partial charge in [0.2, 0.25) is 0 Å². The van der Waals surface area contributed by atoms with Gasteiger partial charge in [0.25, 0.3) is 11.8 Å². The summed E-state index contributed by atoms with van der Waals surface area (Å²) >= 11 is 2.64. The monoisotopic (exact) mass is 441 g/mol. The third-order valence-electron chi connectivity index (χ3n) is 4.68. The summed E-state index contributed by atoms with van der Waals surface area (Å²) in [6.45, 7) is 0.0840. The molecule has 0 aliphatic carbocycles. The molecule has 0 saturated carbocycles. The number of nitrogens with zero attached hydrogens (tertiary/aromatic N) is 2. The van der Waals surface area contributed by atoms with Crippen molar-refractivity contribution in [3.63, 3.8) is 0 Å². The lowest BCUT2D eigenvalue weighted by molar-refractivity contribution is -0.151. The van der Waals surface area contributed by atoms with Crippen LogP contribution in [0.3, 0.4) is 0 Å². The molecule has 1 aromatic carbocycles. The van der Waals surface area contributed by atoms with E-state index < -0.39 is 24.5 Å². The second kappa shape index (κ2) is 9.19. The number of benzene rings is 1. The van der Waals surface area contributed by atoms with Crippen LogP contribution in [0.4, 0.5) is 5.13 Å². The maximum Gasteiger partial charge on any atom is 0.329 e. The van der Waals surface area contributed by atoms with Gasteiger partial charge in [-0.1, -0.05) is 36.4 Å². The Labute approximate surface area is 181 Å². The highest BCUT2D eigenvalue weighted by Crippen LogP contribution is 2.25. The number of rotatable bonds is 6. The predicted molar refractivity (Wildman–Crippen MR) is 116 cm³/mol. The van der Waals surface area contributed by atoms with Crippen molar-refractivity contribution in [1.82, 2.24) is 9.88 Å². The number of thiazole rings is 1. The summed E-state index contributed by atoms with van der Waals surface area (Å²) in [5.74, 6) is -1.20. The number of nitrogens with one attached hydrogen (secondary N) is 1. The van der Waals surface area contributed by atoms with Gasteiger partial charge < -0.3 is 9.64 Å². The van der Waals surface area contributed by atoms with E-state index >= 15 is 0 Å². The Hall–Kier alpha value is -3.04. The fourth-order valence-electron chi connectivity index (χ4n) is 3.26. The summed E-state index contributed by atoms with van der Waals surface area (Å²) in [5.41, 5.74) is 1.72. The number of hydrogen-bond donors (Lipinski definition) is 1. The Balaban J connectivity index is 1.30. The van der Waals surface area contributed by atoms with Crippen LogP contribution >= 0.6 is 22.7 Å². The molecule has 7 nitrogen and oxygen atoms in total. The van der Waals surface area contributed by atoms with E-state index in [9.17, 15) is 14.4 Å². The molecule has 30 heavy (non-hydrogen) atoms. The van der Waals surface area contributed by atoms with Crippen LogP contribution in [-0.4, -0.2) is 46.9 Å². The number of carbonyl (C=O) groups is 3. The standard InChI is InChI=1S/C21H19N3O4S2/c25-18(23-21-22-15(13-30-21)14-6-2-1-3-7-14)12-28-20(27)16-8-4-10-24(16)19(26)17-9-5-11-29-17/h1-3,5-7,9,11,13,16H,4,8,10,12H2,(H,22,23,25). The average Bonchev–Trinajstić information content (AvgIpc) is 3.54. The molecule has 4 rings (SSSR count). The highest BCUT2D eigenvalue weighted by Gasteiger charge is 2.36. The van der Waals surface area contributed by atoms with Crippen LogP contribution < -0.4 is 5.32 Å². The number of amides is 2. The van der Waals surface area contributed by atoms with Gasteiger partial charge in [-0.3, -0.25) is 14.9 Å². The van der Waals surface area contributed by atoms with Crippen molar-refractivity contribution in [2.75, 3.05) is 18.5 Å². The molecule has 2 aromatic heterocycles. The number of carbonyl (C=O) groups excluding carboxylic acids is 3. The van der Waals surface area contributed by atoms with E-state index in [2.05, 4.69) is 10.3 Å². The lowest BCUT2D eigenvalue weighted by Gasteiger charge is -2.22. The topological polar surface area (TPSA) is 88.6 Å². The van der Waals surface area contributed by atoms with Crippen LogP contribution in [0.1, 0.15) is 22.5 Å². The molecule has 1 atom stereocenters. The summed E-state index contributed by atoms with van der Waals surface area (Å²) < 4.78 is 5.18. The molecule has 1 unspecified atom stereocenters. The Morgan fingerprint density at radius 2 is 1.97 bits per heavy atom. The van der Waals surface area contributed by atoms with Gasteiger partial charge in [0, 0.05) is 17.5 Å². The van der Waals surface area contributed by atoms with Crippen molar-refractivity contribution >= 4 is 45.6 Å². The van der Waals surface area contributed by atoms with Crippen LogP contribution in [0.15, 0.2) is 53.2 Å². The number of thiophene rings is 1. The maximum absolute atomic E-state index is 12.6. The average molecular weight is 442 g/mol. The number of anilines is 1. The molecule has 1 N–H and O–H groups in total. The van der Waals surface area contributed by atoms with Gasteiger partial charge in [-0.15, -0.1) is 22.7 Å². The minimum absolute atomic E-state index is 0.176. The van der Waals surface area contributed by atoms with Gasteiger partial charge >= 0.3 is 5.97 Å². The molecule has 154 valence electrons. The van der Waals surface area contributed by atoms with E-state index in [0.717, 1.165) is 17.7 Å². The van der Waals surface area contributed by atoms with Crippen molar-refractivity contribution in [2.45, 2.75) is 18.9 Å².